The summed E-state index contributed by atoms with van der Waals surface area (Å²) < 4.78 is 13.1. The number of rotatable bonds is 7. The van der Waals surface area contributed by atoms with Crippen LogP contribution in [0.2, 0.25) is 0 Å². The Bertz CT molecular complexity index is 1120. The zero-order chi connectivity index (χ0) is 21.8. The molecular weight excluding hydrogens is 404 g/mol. The molecule has 0 N–H and O–H groups in total. The molecule has 1 atom stereocenters. The average Bonchev–Trinajstić information content (AvgIpc) is 3.54. The van der Waals surface area contributed by atoms with Crippen LogP contribution in [-0.2, 0) is 6.54 Å². The molecule has 164 valence electrons. The maximum absolute atomic E-state index is 5.72. The molecule has 0 aliphatic carbocycles. The SMILES string of the molecule is COc1ccccc1C(c1nnnn1Cc1ccco1)N1CCN(c2ccccc2)CC1. The maximum atomic E-state index is 5.72. The predicted molar refractivity (Wildman–Crippen MR) is 121 cm³/mol. The highest BCUT2D eigenvalue weighted by atomic mass is 16.5. The lowest BCUT2D eigenvalue weighted by Gasteiger charge is -2.40. The number of anilines is 1. The van der Waals surface area contributed by atoms with Crippen LogP contribution in [0.15, 0.2) is 77.4 Å². The standard InChI is InChI=1S/C24H26N6O2/c1-31-22-12-6-5-11-21(22)23(24-25-26-27-30(24)18-20-10-7-17-32-20)29-15-13-28(14-16-29)19-8-3-2-4-9-19/h2-12,17,23H,13-16,18H2,1H3. The second-order valence-electron chi connectivity index (χ2n) is 7.78. The van der Waals surface area contributed by atoms with Crippen molar-refractivity contribution < 1.29 is 9.15 Å². The summed E-state index contributed by atoms with van der Waals surface area (Å²) >= 11 is 0. The second kappa shape index (κ2) is 9.23. The third kappa shape index (κ3) is 4.09. The van der Waals surface area contributed by atoms with E-state index < -0.39 is 0 Å². The van der Waals surface area contributed by atoms with E-state index in [2.05, 4.69) is 61.7 Å². The van der Waals surface area contributed by atoms with Crippen molar-refractivity contribution in [1.29, 1.82) is 0 Å². The molecule has 0 bridgehead atoms. The molecule has 0 amide bonds. The first kappa shape index (κ1) is 20.3. The van der Waals surface area contributed by atoms with E-state index in [1.165, 1.54) is 5.69 Å². The van der Waals surface area contributed by atoms with Gasteiger partial charge in [-0.15, -0.1) is 5.10 Å². The van der Waals surface area contributed by atoms with Gasteiger partial charge in [0, 0.05) is 37.4 Å². The van der Waals surface area contributed by atoms with E-state index in [9.17, 15) is 0 Å². The molecule has 2 aromatic heterocycles. The summed E-state index contributed by atoms with van der Waals surface area (Å²) in [5, 5.41) is 12.7. The molecule has 0 saturated carbocycles. The molecule has 1 aliphatic heterocycles. The largest absolute Gasteiger partial charge is 0.496 e. The predicted octanol–water partition coefficient (Wildman–Crippen LogP) is 3.23. The van der Waals surface area contributed by atoms with E-state index in [0.717, 1.165) is 49.1 Å². The molecule has 1 aliphatic rings. The van der Waals surface area contributed by atoms with E-state index in [1.807, 2.05) is 35.0 Å². The van der Waals surface area contributed by atoms with Crippen molar-refractivity contribution >= 4 is 5.69 Å². The highest BCUT2D eigenvalue weighted by Gasteiger charge is 2.32. The maximum Gasteiger partial charge on any atom is 0.173 e. The molecular formula is C24H26N6O2. The second-order valence-corrected chi connectivity index (χ2v) is 7.78. The molecule has 1 saturated heterocycles. The summed E-state index contributed by atoms with van der Waals surface area (Å²) in [5.41, 5.74) is 2.31. The number of nitrogens with zero attached hydrogens (tertiary/aromatic N) is 6. The number of hydrogen-bond donors (Lipinski definition) is 0. The Morgan fingerprint density at radius 2 is 1.72 bits per heavy atom. The van der Waals surface area contributed by atoms with Crippen molar-refractivity contribution in [2.45, 2.75) is 12.6 Å². The number of benzene rings is 2. The van der Waals surface area contributed by atoms with Gasteiger partial charge in [0.25, 0.3) is 0 Å². The first-order valence-electron chi connectivity index (χ1n) is 10.8. The molecule has 0 radical (unpaired) electrons. The Morgan fingerprint density at radius 1 is 0.938 bits per heavy atom. The van der Waals surface area contributed by atoms with Crippen molar-refractivity contribution in [2.24, 2.45) is 0 Å². The van der Waals surface area contributed by atoms with Gasteiger partial charge < -0.3 is 14.1 Å². The van der Waals surface area contributed by atoms with Gasteiger partial charge in [-0.2, -0.15) is 0 Å². The number of tetrazole rings is 1. The summed E-state index contributed by atoms with van der Waals surface area (Å²) in [4.78, 5) is 4.85. The van der Waals surface area contributed by atoms with Crippen LogP contribution in [0.25, 0.3) is 0 Å². The minimum Gasteiger partial charge on any atom is -0.496 e. The minimum absolute atomic E-state index is 0.131. The number of hydrogen-bond acceptors (Lipinski definition) is 7. The van der Waals surface area contributed by atoms with Crippen molar-refractivity contribution in [3.05, 3.63) is 90.1 Å². The van der Waals surface area contributed by atoms with Crippen LogP contribution in [0.5, 0.6) is 5.75 Å². The number of aromatic nitrogens is 4. The van der Waals surface area contributed by atoms with Crippen LogP contribution in [0.1, 0.15) is 23.2 Å². The highest BCUT2D eigenvalue weighted by Crippen LogP contribution is 2.34. The number of ether oxygens (including phenoxy) is 1. The van der Waals surface area contributed by atoms with Crippen LogP contribution < -0.4 is 9.64 Å². The fourth-order valence-corrected chi connectivity index (χ4v) is 4.34. The number of piperazine rings is 1. The smallest absolute Gasteiger partial charge is 0.173 e. The normalized spacial score (nSPS) is 15.6. The molecule has 5 rings (SSSR count). The van der Waals surface area contributed by atoms with E-state index in [1.54, 1.807) is 13.4 Å². The quantitative estimate of drug-likeness (QED) is 0.446. The number of para-hydroxylation sites is 2. The van der Waals surface area contributed by atoms with Gasteiger partial charge in [0.1, 0.15) is 24.1 Å². The summed E-state index contributed by atoms with van der Waals surface area (Å²) in [6.07, 6.45) is 1.67. The van der Waals surface area contributed by atoms with Crippen molar-refractivity contribution in [3.8, 4) is 5.75 Å². The van der Waals surface area contributed by atoms with E-state index in [0.29, 0.717) is 6.54 Å². The summed E-state index contributed by atoms with van der Waals surface area (Å²) in [7, 11) is 1.70. The zero-order valence-corrected chi connectivity index (χ0v) is 18.0. The van der Waals surface area contributed by atoms with Gasteiger partial charge in [-0.1, -0.05) is 36.4 Å². The summed E-state index contributed by atoms with van der Waals surface area (Å²) in [6.45, 7) is 4.09. The lowest BCUT2D eigenvalue weighted by molar-refractivity contribution is 0.197. The van der Waals surface area contributed by atoms with Gasteiger partial charge >= 0.3 is 0 Å². The Kier molecular flexibility index (Phi) is 5.85. The van der Waals surface area contributed by atoms with Crippen LogP contribution >= 0.6 is 0 Å². The van der Waals surface area contributed by atoms with Crippen LogP contribution in [0.4, 0.5) is 5.69 Å². The monoisotopic (exact) mass is 430 g/mol. The van der Waals surface area contributed by atoms with Crippen LogP contribution in [0.3, 0.4) is 0 Å². The van der Waals surface area contributed by atoms with Gasteiger partial charge in [0.15, 0.2) is 5.82 Å². The van der Waals surface area contributed by atoms with Gasteiger partial charge in [-0.25, -0.2) is 4.68 Å². The molecule has 1 fully saturated rings. The molecule has 0 spiro atoms. The zero-order valence-electron chi connectivity index (χ0n) is 18.0. The molecule has 3 heterocycles. The molecule has 8 nitrogen and oxygen atoms in total. The van der Waals surface area contributed by atoms with Gasteiger partial charge in [0.05, 0.1) is 13.4 Å². The van der Waals surface area contributed by atoms with E-state index in [-0.39, 0.29) is 6.04 Å². The molecule has 8 heteroatoms. The fourth-order valence-electron chi connectivity index (χ4n) is 4.34. The summed E-state index contributed by atoms with van der Waals surface area (Å²) in [5.74, 6) is 2.42. The third-order valence-corrected chi connectivity index (χ3v) is 5.92. The fraction of sp³-hybridized carbons (Fsp3) is 0.292. The minimum atomic E-state index is -0.131. The van der Waals surface area contributed by atoms with Gasteiger partial charge in [0.2, 0.25) is 0 Å². The number of methoxy groups -OCH3 is 1. The average molecular weight is 431 g/mol. The van der Waals surface area contributed by atoms with E-state index >= 15 is 0 Å². The van der Waals surface area contributed by atoms with Gasteiger partial charge in [-0.3, -0.25) is 4.90 Å². The van der Waals surface area contributed by atoms with Crippen molar-refractivity contribution in [1.82, 2.24) is 25.1 Å². The van der Waals surface area contributed by atoms with Gasteiger partial charge in [-0.05, 0) is 40.8 Å². The van der Waals surface area contributed by atoms with Crippen LogP contribution in [0, 0.1) is 0 Å². The number of furan rings is 1. The first-order valence-corrected chi connectivity index (χ1v) is 10.8. The van der Waals surface area contributed by atoms with E-state index in [4.69, 9.17) is 9.15 Å². The topological polar surface area (TPSA) is 72.4 Å². The van der Waals surface area contributed by atoms with Crippen LogP contribution in [-0.4, -0.2) is 58.4 Å². The molecule has 2 aromatic carbocycles. The Labute approximate surface area is 187 Å². The Morgan fingerprint density at radius 3 is 2.47 bits per heavy atom. The molecule has 4 aromatic rings. The first-order chi connectivity index (χ1) is 15.8. The lowest BCUT2D eigenvalue weighted by atomic mass is 10.0. The summed E-state index contributed by atoms with van der Waals surface area (Å²) in [6, 6.07) is 22.3. The highest BCUT2D eigenvalue weighted by molar-refractivity contribution is 5.46. The lowest BCUT2D eigenvalue weighted by Crippen LogP contribution is -2.48. The third-order valence-electron chi connectivity index (χ3n) is 5.92. The molecule has 1 unspecified atom stereocenters. The Hall–Kier alpha value is -3.65. The molecule has 32 heavy (non-hydrogen) atoms. The van der Waals surface area contributed by atoms with Crippen molar-refractivity contribution in [2.75, 3.05) is 38.2 Å². The Balaban J connectivity index is 1.46. The van der Waals surface area contributed by atoms with Crippen molar-refractivity contribution in [3.63, 3.8) is 0 Å².